The van der Waals surface area contributed by atoms with Gasteiger partial charge in [-0.1, -0.05) is 44.9 Å². The molecule has 0 saturated heterocycles. The molecule has 1 unspecified atom stereocenters. The second-order valence-electron chi connectivity index (χ2n) is 7.67. The molecule has 0 heterocycles. The standard InChI is InChI=1S/C24H36O6S/c1-19(30-23(27)16-15-22(25)26)24(28)20-11-13-21(14-12-20)29-17-9-7-5-3-2-4-6-8-10-18-31/h11-14,19,31H,2-10,15-18H2,1H3,(H,25,26). The minimum atomic E-state index is -1.08. The summed E-state index contributed by atoms with van der Waals surface area (Å²) in [6.45, 7) is 2.13. The summed E-state index contributed by atoms with van der Waals surface area (Å²) in [5.74, 6) is -0.421. The number of rotatable bonds is 18. The molecule has 1 rings (SSSR count). The number of ketones is 1. The topological polar surface area (TPSA) is 89.9 Å². The molecular formula is C24H36O6S. The fourth-order valence-corrected chi connectivity index (χ4v) is 3.33. The second kappa shape index (κ2) is 16.6. The predicted octanol–water partition coefficient (Wildman–Crippen LogP) is 5.49. The number of esters is 1. The van der Waals surface area contributed by atoms with Crippen molar-refractivity contribution in [2.75, 3.05) is 12.4 Å². The van der Waals surface area contributed by atoms with E-state index in [1.807, 2.05) is 0 Å². The van der Waals surface area contributed by atoms with Crippen LogP contribution < -0.4 is 4.74 Å². The summed E-state index contributed by atoms with van der Waals surface area (Å²) in [5, 5.41) is 8.58. The molecule has 174 valence electrons. The van der Waals surface area contributed by atoms with E-state index in [4.69, 9.17) is 14.6 Å². The Morgan fingerprint density at radius 1 is 0.871 bits per heavy atom. The largest absolute Gasteiger partial charge is 0.494 e. The van der Waals surface area contributed by atoms with Crippen LogP contribution in [0.3, 0.4) is 0 Å². The Hall–Kier alpha value is -2.02. The zero-order chi connectivity index (χ0) is 22.9. The molecule has 0 aliphatic heterocycles. The van der Waals surface area contributed by atoms with Crippen LogP contribution in [0.15, 0.2) is 24.3 Å². The van der Waals surface area contributed by atoms with Crippen molar-refractivity contribution in [1.82, 2.24) is 0 Å². The third-order valence-corrected chi connectivity index (χ3v) is 5.25. The minimum Gasteiger partial charge on any atom is -0.494 e. The van der Waals surface area contributed by atoms with E-state index < -0.39 is 18.0 Å². The molecule has 0 radical (unpaired) electrons. The molecule has 7 heteroatoms. The molecule has 0 amide bonds. The number of thiol groups is 1. The molecule has 0 aliphatic rings. The van der Waals surface area contributed by atoms with Crippen LogP contribution in [0.2, 0.25) is 0 Å². The number of hydrogen-bond donors (Lipinski definition) is 2. The zero-order valence-electron chi connectivity index (χ0n) is 18.5. The fraction of sp³-hybridized carbons (Fsp3) is 0.625. The summed E-state index contributed by atoms with van der Waals surface area (Å²) in [6.07, 6.45) is 9.56. The van der Waals surface area contributed by atoms with Gasteiger partial charge in [-0.2, -0.15) is 12.6 Å². The van der Waals surface area contributed by atoms with E-state index >= 15 is 0 Å². The maximum Gasteiger partial charge on any atom is 0.307 e. The molecule has 0 aliphatic carbocycles. The Morgan fingerprint density at radius 3 is 1.97 bits per heavy atom. The summed E-state index contributed by atoms with van der Waals surface area (Å²) in [5.41, 5.74) is 0.417. The molecule has 0 bridgehead atoms. The van der Waals surface area contributed by atoms with Crippen LogP contribution in [0.4, 0.5) is 0 Å². The molecule has 31 heavy (non-hydrogen) atoms. The van der Waals surface area contributed by atoms with Crippen molar-refractivity contribution in [2.24, 2.45) is 0 Å². The number of ether oxygens (including phenoxy) is 2. The van der Waals surface area contributed by atoms with Gasteiger partial charge in [0.25, 0.3) is 0 Å². The van der Waals surface area contributed by atoms with Gasteiger partial charge >= 0.3 is 11.9 Å². The Bertz CT molecular complexity index is 659. The highest BCUT2D eigenvalue weighted by Crippen LogP contribution is 2.16. The van der Waals surface area contributed by atoms with Gasteiger partial charge in [-0.3, -0.25) is 14.4 Å². The van der Waals surface area contributed by atoms with Crippen molar-refractivity contribution >= 4 is 30.4 Å². The van der Waals surface area contributed by atoms with Gasteiger partial charge in [0.1, 0.15) is 5.75 Å². The molecule has 1 N–H and O–H groups in total. The predicted molar refractivity (Wildman–Crippen MR) is 124 cm³/mol. The molecule has 6 nitrogen and oxygen atoms in total. The van der Waals surface area contributed by atoms with E-state index in [2.05, 4.69) is 12.6 Å². The third-order valence-electron chi connectivity index (χ3n) is 4.93. The highest BCUT2D eigenvalue weighted by molar-refractivity contribution is 7.80. The maximum absolute atomic E-state index is 12.4. The summed E-state index contributed by atoms with van der Waals surface area (Å²) >= 11 is 4.22. The number of benzene rings is 1. The van der Waals surface area contributed by atoms with E-state index in [0.29, 0.717) is 17.9 Å². The van der Waals surface area contributed by atoms with Gasteiger partial charge in [-0.05, 0) is 49.8 Å². The lowest BCUT2D eigenvalue weighted by Gasteiger charge is -2.12. The Kier molecular flexibility index (Phi) is 14.5. The normalized spacial score (nSPS) is 11.7. The first-order valence-electron chi connectivity index (χ1n) is 11.2. The number of hydrogen-bond acceptors (Lipinski definition) is 6. The molecular weight excluding hydrogens is 416 g/mol. The van der Waals surface area contributed by atoms with E-state index in [1.165, 1.54) is 51.9 Å². The SMILES string of the molecule is CC(OC(=O)CCC(=O)O)C(=O)c1ccc(OCCCCCCCCCCCS)cc1. The molecule has 0 fully saturated rings. The molecule has 0 saturated carbocycles. The van der Waals surface area contributed by atoms with Crippen molar-refractivity contribution in [3.05, 3.63) is 29.8 Å². The summed E-state index contributed by atoms with van der Waals surface area (Å²) in [7, 11) is 0. The van der Waals surface area contributed by atoms with E-state index in [0.717, 1.165) is 18.6 Å². The lowest BCUT2D eigenvalue weighted by Crippen LogP contribution is -2.24. The number of aliphatic carboxylic acids is 1. The highest BCUT2D eigenvalue weighted by Gasteiger charge is 2.20. The first-order valence-corrected chi connectivity index (χ1v) is 11.9. The monoisotopic (exact) mass is 452 g/mol. The zero-order valence-corrected chi connectivity index (χ0v) is 19.4. The van der Waals surface area contributed by atoms with Gasteiger partial charge in [0, 0.05) is 5.56 Å². The van der Waals surface area contributed by atoms with Crippen LogP contribution in [-0.4, -0.2) is 41.3 Å². The molecule has 0 spiro atoms. The maximum atomic E-state index is 12.4. The van der Waals surface area contributed by atoms with Crippen molar-refractivity contribution in [3.63, 3.8) is 0 Å². The lowest BCUT2D eigenvalue weighted by atomic mass is 10.1. The van der Waals surface area contributed by atoms with Gasteiger partial charge in [-0.15, -0.1) is 0 Å². The van der Waals surface area contributed by atoms with Crippen molar-refractivity contribution in [2.45, 2.75) is 83.7 Å². The van der Waals surface area contributed by atoms with Gasteiger partial charge in [0.2, 0.25) is 5.78 Å². The van der Waals surface area contributed by atoms with Gasteiger partial charge in [0.05, 0.1) is 19.4 Å². The second-order valence-corrected chi connectivity index (χ2v) is 8.12. The molecule has 1 atom stereocenters. The van der Waals surface area contributed by atoms with E-state index in [-0.39, 0.29) is 18.6 Å². The van der Waals surface area contributed by atoms with Crippen LogP contribution in [0.1, 0.15) is 87.9 Å². The van der Waals surface area contributed by atoms with Crippen LogP contribution in [0, 0.1) is 0 Å². The summed E-state index contributed by atoms with van der Waals surface area (Å²) < 4.78 is 10.7. The third kappa shape index (κ3) is 13.1. The number of carboxylic acids is 1. The van der Waals surface area contributed by atoms with E-state index in [1.54, 1.807) is 24.3 Å². The number of unbranched alkanes of at least 4 members (excludes halogenated alkanes) is 8. The minimum absolute atomic E-state index is 0.254. The number of carbonyl (C=O) groups excluding carboxylic acids is 2. The number of Topliss-reactive ketones (excluding diaryl/α,β-unsaturated/α-hetero) is 1. The van der Waals surface area contributed by atoms with Gasteiger partial charge < -0.3 is 14.6 Å². The quantitative estimate of drug-likeness (QED) is 0.133. The average molecular weight is 453 g/mol. The van der Waals surface area contributed by atoms with Gasteiger partial charge in [0.15, 0.2) is 6.10 Å². The highest BCUT2D eigenvalue weighted by atomic mass is 32.1. The first-order chi connectivity index (χ1) is 14.9. The summed E-state index contributed by atoms with van der Waals surface area (Å²) in [6, 6.07) is 6.76. The van der Waals surface area contributed by atoms with Crippen LogP contribution >= 0.6 is 12.6 Å². The van der Waals surface area contributed by atoms with Gasteiger partial charge in [-0.25, -0.2) is 0 Å². The molecule has 1 aromatic carbocycles. The van der Waals surface area contributed by atoms with Crippen LogP contribution in [0.25, 0.3) is 0 Å². The van der Waals surface area contributed by atoms with Crippen LogP contribution in [0.5, 0.6) is 5.75 Å². The Morgan fingerprint density at radius 2 is 1.42 bits per heavy atom. The number of carbonyl (C=O) groups is 3. The molecule has 0 aromatic heterocycles. The van der Waals surface area contributed by atoms with E-state index in [9.17, 15) is 14.4 Å². The average Bonchev–Trinajstić information content (AvgIpc) is 2.76. The van der Waals surface area contributed by atoms with Crippen molar-refractivity contribution in [1.29, 1.82) is 0 Å². The molecule has 1 aromatic rings. The van der Waals surface area contributed by atoms with Crippen molar-refractivity contribution in [3.8, 4) is 5.75 Å². The van der Waals surface area contributed by atoms with Crippen molar-refractivity contribution < 1.29 is 29.0 Å². The Labute approximate surface area is 191 Å². The lowest BCUT2D eigenvalue weighted by molar-refractivity contribution is -0.149. The summed E-state index contributed by atoms with van der Waals surface area (Å²) in [4.78, 5) is 34.4. The smallest absolute Gasteiger partial charge is 0.307 e. The fourth-order valence-electron chi connectivity index (χ4n) is 3.11. The number of carboxylic acid groups (broad SMARTS) is 1. The first kappa shape index (κ1) is 27.0. The van der Waals surface area contributed by atoms with Crippen LogP contribution in [-0.2, 0) is 14.3 Å². The Balaban J connectivity index is 2.19.